The van der Waals surface area contributed by atoms with Crippen LogP contribution in [0, 0.1) is 5.82 Å². The summed E-state index contributed by atoms with van der Waals surface area (Å²) in [5.74, 6) is -0.354. The second kappa shape index (κ2) is 6.89. The zero-order valence-corrected chi connectivity index (χ0v) is 12.8. The molecule has 0 aromatic heterocycles. The summed E-state index contributed by atoms with van der Waals surface area (Å²) in [7, 11) is 0. The van der Waals surface area contributed by atoms with Gasteiger partial charge in [-0.15, -0.1) is 0 Å². The molecule has 23 heavy (non-hydrogen) atoms. The molecule has 4 nitrogen and oxygen atoms in total. The fraction of sp³-hybridized carbons (Fsp3) is 0.278. The van der Waals surface area contributed by atoms with Gasteiger partial charge in [-0.2, -0.15) is 0 Å². The van der Waals surface area contributed by atoms with E-state index < -0.39 is 0 Å². The lowest BCUT2D eigenvalue weighted by atomic mass is 10.0. The Morgan fingerprint density at radius 3 is 2.87 bits per heavy atom. The van der Waals surface area contributed by atoms with Crippen molar-refractivity contribution >= 4 is 11.6 Å². The molecule has 1 aliphatic rings. The van der Waals surface area contributed by atoms with Crippen molar-refractivity contribution < 1.29 is 9.18 Å². The minimum atomic E-state index is -0.311. The molecule has 1 atom stereocenters. The van der Waals surface area contributed by atoms with Gasteiger partial charge in [0.25, 0.3) is 0 Å². The first-order valence-electron chi connectivity index (χ1n) is 7.80. The standard InChI is InChI=1S/C18H20FN3O/c19-16-9-12(11-20)6-7-15(16)13-3-1-4-14(10-13)22-18(23)17-5-2-8-21-17/h1,3-4,6-7,9-10,17,21H,2,5,8,11,20H2,(H,22,23). The lowest BCUT2D eigenvalue weighted by Gasteiger charge is -2.12. The van der Waals surface area contributed by atoms with Crippen LogP contribution in [-0.2, 0) is 11.3 Å². The quantitative estimate of drug-likeness (QED) is 0.813. The summed E-state index contributed by atoms with van der Waals surface area (Å²) in [5.41, 5.74) is 8.17. The minimum absolute atomic E-state index is 0.0430. The molecule has 120 valence electrons. The Labute approximate surface area is 134 Å². The van der Waals surface area contributed by atoms with E-state index in [-0.39, 0.29) is 17.8 Å². The van der Waals surface area contributed by atoms with E-state index in [2.05, 4.69) is 10.6 Å². The van der Waals surface area contributed by atoms with E-state index in [1.54, 1.807) is 12.1 Å². The Morgan fingerprint density at radius 1 is 1.30 bits per heavy atom. The van der Waals surface area contributed by atoms with Gasteiger partial charge in [-0.3, -0.25) is 4.79 Å². The molecule has 3 rings (SSSR count). The summed E-state index contributed by atoms with van der Waals surface area (Å²) < 4.78 is 14.2. The molecule has 0 saturated carbocycles. The Balaban J connectivity index is 1.80. The molecular weight excluding hydrogens is 293 g/mol. The highest BCUT2D eigenvalue weighted by atomic mass is 19.1. The van der Waals surface area contributed by atoms with Crippen LogP contribution in [0.3, 0.4) is 0 Å². The molecule has 0 radical (unpaired) electrons. The maximum absolute atomic E-state index is 14.2. The predicted molar refractivity (Wildman–Crippen MR) is 89.4 cm³/mol. The van der Waals surface area contributed by atoms with Gasteiger partial charge in [0.2, 0.25) is 5.91 Å². The molecule has 1 unspecified atom stereocenters. The highest BCUT2D eigenvalue weighted by Crippen LogP contribution is 2.26. The molecule has 2 aromatic rings. The molecule has 5 heteroatoms. The van der Waals surface area contributed by atoms with Crippen LogP contribution in [0.4, 0.5) is 10.1 Å². The molecular formula is C18H20FN3O. The van der Waals surface area contributed by atoms with Crippen molar-refractivity contribution in [3.05, 3.63) is 53.8 Å². The molecule has 1 amide bonds. The third-order valence-corrected chi connectivity index (χ3v) is 4.09. The van der Waals surface area contributed by atoms with Gasteiger partial charge in [0.05, 0.1) is 6.04 Å². The molecule has 0 spiro atoms. The Bertz CT molecular complexity index is 711. The van der Waals surface area contributed by atoms with Crippen LogP contribution in [0.15, 0.2) is 42.5 Å². The fourth-order valence-electron chi connectivity index (χ4n) is 2.82. The van der Waals surface area contributed by atoms with E-state index in [1.165, 1.54) is 6.07 Å². The molecule has 1 saturated heterocycles. The van der Waals surface area contributed by atoms with Crippen molar-refractivity contribution in [3.63, 3.8) is 0 Å². The van der Waals surface area contributed by atoms with Gasteiger partial charge in [-0.25, -0.2) is 4.39 Å². The number of halogens is 1. The molecule has 1 heterocycles. The average molecular weight is 313 g/mol. The first-order valence-corrected chi connectivity index (χ1v) is 7.80. The summed E-state index contributed by atoms with van der Waals surface area (Å²) in [5, 5.41) is 6.05. The van der Waals surface area contributed by atoms with E-state index in [0.717, 1.165) is 30.5 Å². The first-order chi connectivity index (χ1) is 11.2. The summed E-state index contributed by atoms with van der Waals surface area (Å²) >= 11 is 0. The van der Waals surface area contributed by atoms with Gasteiger partial charge >= 0.3 is 0 Å². The van der Waals surface area contributed by atoms with Crippen molar-refractivity contribution in [1.82, 2.24) is 5.32 Å². The van der Waals surface area contributed by atoms with Crippen LogP contribution in [-0.4, -0.2) is 18.5 Å². The molecule has 0 bridgehead atoms. The molecule has 0 aliphatic carbocycles. The molecule has 2 aromatic carbocycles. The van der Waals surface area contributed by atoms with Gasteiger partial charge in [0.15, 0.2) is 0 Å². The van der Waals surface area contributed by atoms with Crippen molar-refractivity contribution in [2.24, 2.45) is 5.73 Å². The second-order valence-corrected chi connectivity index (χ2v) is 5.74. The maximum Gasteiger partial charge on any atom is 0.241 e. The fourth-order valence-corrected chi connectivity index (χ4v) is 2.82. The number of amides is 1. The number of nitrogens with two attached hydrogens (primary N) is 1. The third-order valence-electron chi connectivity index (χ3n) is 4.09. The summed E-state index contributed by atoms with van der Waals surface area (Å²) in [4.78, 5) is 12.2. The van der Waals surface area contributed by atoms with E-state index in [4.69, 9.17) is 5.73 Å². The van der Waals surface area contributed by atoms with E-state index >= 15 is 0 Å². The second-order valence-electron chi connectivity index (χ2n) is 5.74. The Morgan fingerprint density at radius 2 is 2.17 bits per heavy atom. The zero-order chi connectivity index (χ0) is 16.2. The van der Waals surface area contributed by atoms with E-state index in [1.807, 2.05) is 24.3 Å². The van der Waals surface area contributed by atoms with Gasteiger partial charge in [-0.1, -0.05) is 24.3 Å². The number of hydrogen-bond acceptors (Lipinski definition) is 3. The summed E-state index contributed by atoms with van der Waals surface area (Å²) in [6.07, 6.45) is 1.86. The lowest BCUT2D eigenvalue weighted by Crippen LogP contribution is -2.35. The van der Waals surface area contributed by atoms with Gasteiger partial charge in [0.1, 0.15) is 5.82 Å². The number of carbonyl (C=O) groups excluding carboxylic acids is 1. The zero-order valence-electron chi connectivity index (χ0n) is 12.8. The van der Waals surface area contributed by atoms with E-state index in [9.17, 15) is 9.18 Å². The van der Waals surface area contributed by atoms with Crippen LogP contribution in [0.5, 0.6) is 0 Å². The predicted octanol–water partition coefficient (Wildman–Crippen LogP) is 2.64. The summed E-state index contributed by atoms with van der Waals surface area (Å²) in [6.45, 7) is 1.18. The average Bonchev–Trinajstić information content (AvgIpc) is 3.09. The molecule has 1 fully saturated rings. The molecule has 4 N–H and O–H groups in total. The van der Waals surface area contributed by atoms with Crippen LogP contribution in [0.25, 0.3) is 11.1 Å². The number of anilines is 1. The molecule has 1 aliphatic heterocycles. The highest BCUT2D eigenvalue weighted by molar-refractivity contribution is 5.95. The van der Waals surface area contributed by atoms with Crippen molar-refractivity contribution in [2.45, 2.75) is 25.4 Å². The van der Waals surface area contributed by atoms with Crippen LogP contribution < -0.4 is 16.4 Å². The van der Waals surface area contributed by atoms with Gasteiger partial charge < -0.3 is 16.4 Å². The largest absolute Gasteiger partial charge is 0.326 e. The third kappa shape index (κ3) is 3.57. The Kier molecular flexibility index (Phi) is 4.69. The van der Waals surface area contributed by atoms with Crippen LogP contribution in [0.1, 0.15) is 18.4 Å². The van der Waals surface area contributed by atoms with E-state index in [0.29, 0.717) is 17.8 Å². The van der Waals surface area contributed by atoms with Crippen molar-refractivity contribution in [1.29, 1.82) is 0 Å². The number of benzene rings is 2. The Hall–Kier alpha value is -2.24. The lowest BCUT2D eigenvalue weighted by molar-refractivity contribution is -0.117. The highest BCUT2D eigenvalue weighted by Gasteiger charge is 2.21. The smallest absolute Gasteiger partial charge is 0.241 e. The summed E-state index contributed by atoms with van der Waals surface area (Å²) in [6, 6.07) is 12.1. The number of carbonyl (C=O) groups is 1. The normalized spacial score (nSPS) is 17.2. The monoisotopic (exact) mass is 313 g/mol. The number of hydrogen-bond donors (Lipinski definition) is 3. The maximum atomic E-state index is 14.2. The minimum Gasteiger partial charge on any atom is -0.326 e. The van der Waals surface area contributed by atoms with Crippen LogP contribution >= 0.6 is 0 Å². The van der Waals surface area contributed by atoms with Crippen LogP contribution in [0.2, 0.25) is 0 Å². The number of nitrogens with one attached hydrogen (secondary N) is 2. The number of rotatable bonds is 4. The van der Waals surface area contributed by atoms with Crippen molar-refractivity contribution in [3.8, 4) is 11.1 Å². The topological polar surface area (TPSA) is 67.1 Å². The first kappa shape index (κ1) is 15.6. The van der Waals surface area contributed by atoms with Crippen molar-refractivity contribution in [2.75, 3.05) is 11.9 Å². The van der Waals surface area contributed by atoms with Gasteiger partial charge in [0, 0.05) is 17.8 Å². The van der Waals surface area contributed by atoms with Gasteiger partial charge in [-0.05, 0) is 48.7 Å². The SMILES string of the molecule is NCc1ccc(-c2cccc(NC(=O)C3CCCN3)c2)c(F)c1.